The molecule has 2 aliphatic heterocycles. The Balaban J connectivity index is 1.19. The van der Waals surface area contributed by atoms with Gasteiger partial charge in [-0.1, -0.05) is 193 Å². The van der Waals surface area contributed by atoms with E-state index in [4.69, 9.17) is 18.2 Å². The Kier molecular flexibility index (Phi) is 22.1. The molecule has 0 fully saturated rings. The van der Waals surface area contributed by atoms with Crippen molar-refractivity contribution in [3.05, 3.63) is 57.8 Å². The Bertz CT molecular complexity index is 2780. The second kappa shape index (κ2) is 27.9. The molecule has 9 heteroatoms. The van der Waals surface area contributed by atoms with Gasteiger partial charge >= 0.3 is 0 Å². The lowest BCUT2D eigenvalue weighted by atomic mass is 9.78. The molecule has 4 nitrogen and oxygen atoms in total. The molecule has 5 aromatic heterocycles. The molecular formula is C70H104N2O2S5. The number of aromatic nitrogens is 2. The van der Waals surface area contributed by atoms with Crippen LogP contribution in [0.2, 0.25) is 0 Å². The summed E-state index contributed by atoms with van der Waals surface area (Å²) in [6.07, 6.45) is 26.7. The fourth-order valence-corrected chi connectivity index (χ4v) is 18.5. The van der Waals surface area contributed by atoms with E-state index in [9.17, 15) is 0 Å². The number of benzene rings is 1. The third-order valence-electron chi connectivity index (χ3n) is 19.0. The van der Waals surface area contributed by atoms with Gasteiger partial charge in [0.2, 0.25) is 0 Å². The van der Waals surface area contributed by atoms with Crippen LogP contribution in [0.1, 0.15) is 261 Å². The summed E-state index contributed by atoms with van der Waals surface area (Å²) >= 11 is 9.17. The summed E-state index contributed by atoms with van der Waals surface area (Å²) in [6.45, 7) is 36.1. The summed E-state index contributed by atoms with van der Waals surface area (Å²) in [5.74, 6) is 7.85. The number of rotatable bonds is 33. The van der Waals surface area contributed by atoms with Gasteiger partial charge in [-0.05, 0) is 141 Å². The van der Waals surface area contributed by atoms with Crippen molar-refractivity contribution in [1.29, 1.82) is 0 Å². The van der Waals surface area contributed by atoms with Crippen molar-refractivity contribution in [2.75, 3.05) is 0 Å². The van der Waals surface area contributed by atoms with Crippen LogP contribution in [-0.4, -0.2) is 8.75 Å². The standard InChI is InChI=1S/C70H104N2O2S5/c1-16-68(15,17-2)61-44-58-67(78-61)65-56(70(74-58,39-34-51(13)28-20-24-47(7)8)40-35-52(14)29-21-25-48(9)10)43-60(77-65)54-31-30-53(62-63(54)72-79-71-62)59-42-55-64(76-59)66-57(36-41-75-66)73-69(55,37-32-49(11)26-18-22-45(3)4)38-33-50(12)27-19-23-46(5)6/h30-31,36,41-52H,16-29,32-35,37-40H2,1-15H3. The molecule has 0 aliphatic carbocycles. The Morgan fingerprint density at radius 1 is 0.456 bits per heavy atom. The van der Waals surface area contributed by atoms with Crippen LogP contribution in [0.15, 0.2) is 41.8 Å². The first kappa shape index (κ1) is 62.5. The van der Waals surface area contributed by atoms with Gasteiger partial charge in [-0.2, -0.15) is 8.75 Å². The fraction of sp³-hybridized carbons (Fsp3) is 0.686. The molecule has 4 atom stereocenters. The molecule has 4 unspecified atom stereocenters. The molecule has 0 radical (unpaired) electrons. The minimum absolute atomic E-state index is 0.118. The van der Waals surface area contributed by atoms with Gasteiger partial charge in [0.05, 0.1) is 31.2 Å². The molecular weight excluding hydrogens is 1060 g/mol. The Hall–Kier alpha value is -2.56. The van der Waals surface area contributed by atoms with Crippen LogP contribution in [-0.2, 0) is 16.6 Å². The molecule has 0 bridgehead atoms. The first-order chi connectivity index (χ1) is 37.8. The summed E-state index contributed by atoms with van der Waals surface area (Å²) in [7, 11) is 0. The lowest BCUT2D eigenvalue weighted by Crippen LogP contribution is -2.36. The summed E-state index contributed by atoms with van der Waals surface area (Å²) in [5.41, 5.74) is 6.66. The van der Waals surface area contributed by atoms with Crippen LogP contribution < -0.4 is 9.47 Å². The van der Waals surface area contributed by atoms with Crippen molar-refractivity contribution < 1.29 is 9.47 Å². The highest BCUT2D eigenvalue weighted by Crippen LogP contribution is 2.60. The van der Waals surface area contributed by atoms with Crippen molar-refractivity contribution in [1.82, 2.24) is 8.75 Å². The van der Waals surface area contributed by atoms with E-state index in [1.165, 1.54) is 171 Å². The Morgan fingerprint density at radius 2 is 0.848 bits per heavy atom. The average molecular weight is 1170 g/mol. The van der Waals surface area contributed by atoms with E-state index < -0.39 is 0 Å². The molecule has 6 aromatic rings. The van der Waals surface area contributed by atoms with Gasteiger partial charge in [0.15, 0.2) is 0 Å². The van der Waals surface area contributed by atoms with Gasteiger partial charge in [-0.15, -0.1) is 45.3 Å². The molecule has 0 saturated heterocycles. The molecule has 1 aromatic carbocycles. The summed E-state index contributed by atoms with van der Waals surface area (Å²) in [4.78, 5) is 9.51. The molecule has 8 rings (SSSR count). The van der Waals surface area contributed by atoms with E-state index in [1.54, 1.807) is 0 Å². The molecule has 2 aliphatic rings. The van der Waals surface area contributed by atoms with Gasteiger partial charge in [-0.25, -0.2) is 0 Å². The maximum absolute atomic E-state index is 7.77. The van der Waals surface area contributed by atoms with Crippen molar-refractivity contribution in [3.63, 3.8) is 0 Å². The molecule has 0 N–H and O–H groups in total. The predicted octanol–water partition coefficient (Wildman–Crippen LogP) is 24.8. The summed E-state index contributed by atoms with van der Waals surface area (Å²) in [5, 5.41) is 2.25. The molecule has 0 amide bonds. The Labute approximate surface area is 501 Å². The molecule has 436 valence electrons. The van der Waals surface area contributed by atoms with E-state index in [2.05, 4.69) is 146 Å². The van der Waals surface area contributed by atoms with Gasteiger partial charge in [0, 0.05) is 42.3 Å². The van der Waals surface area contributed by atoms with Gasteiger partial charge in [0.25, 0.3) is 0 Å². The van der Waals surface area contributed by atoms with Crippen molar-refractivity contribution in [2.24, 2.45) is 47.3 Å². The van der Waals surface area contributed by atoms with Crippen LogP contribution in [0.3, 0.4) is 0 Å². The van der Waals surface area contributed by atoms with Gasteiger partial charge in [-0.3, -0.25) is 0 Å². The second-order valence-corrected chi connectivity index (χ2v) is 32.2. The van der Waals surface area contributed by atoms with Crippen LogP contribution in [0.4, 0.5) is 0 Å². The maximum atomic E-state index is 7.77. The summed E-state index contributed by atoms with van der Waals surface area (Å²) in [6, 6.07) is 14.6. The number of nitrogens with zero attached hydrogens (tertiary/aromatic N) is 2. The molecule has 79 heavy (non-hydrogen) atoms. The van der Waals surface area contributed by atoms with Crippen molar-refractivity contribution in [3.8, 4) is 51.9 Å². The number of thiophene rings is 4. The first-order valence-electron chi connectivity index (χ1n) is 31.9. The highest BCUT2D eigenvalue weighted by molar-refractivity contribution is 7.25. The lowest BCUT2D eigenvalue weighted by Gasteiger charge is -2.39. The van der Waals surface area contributed by atoms with Crippen molar-refractivity contribution >= 4 is 68.1 Å². The summed E-state index contributed by atoms with van der Waals surface area (Å²) < 4.78 is 25.7. The monoisotopic (exact) mass is 1160 g/mol. The second-order valence-electron chi connectivity index (χ2n) is 27.6. The fourth-order valence-electron chi connectivity index (χ4n) is 12.9. The predicted molar refractivity (Wildman–Crippen MR) is 352 cm³/mol. The van der Waals surface area contributed by atoms with Gasteiger partial charge < -0.3 is 9.47 Å². The highest BCUT2D eigenvalue weighted by Gasteiger charge is 2.46. The van der Waals surface area contributed by atoms with Crippen LogP contribution in [0, 0.1) is 47.3 Å². The third kappa shape index (κ3) is 15.0. The van der Waals surface area contributed by atoms with E-state index >= 15 is 0 Å². The number of hydrogen-bond acceptors (Lipinski definition) is 9. The quantitative estimate of drug-likeness (QED) is 0.0412. The Morgan fingerprint density at radius 3 is 1.24 bits per heavy atom. The minimum atomic E-state index is -0.384. The topological polar surface area (TPSA) is 44.2 Å². The number of ether oxygens (including phenoxy) is 2. The first-order valence-corrected chi connectivity index (χ1v) is 36.0. The normalized spacial score (nSPS) is 18.7. The number of hydrogen-bond donors (Lipinski definition) is 0. The minimum Gasteiger partial charge on any atom is -0.481 e. The molecule has 0 spiro atoms. The molecule has 7 heterocycles. The largest absolute Gasteiger partial charge is 0.481 e. The zero-order valence-corrected chi connectivity index (χ0v) is 56.1. The van der Waals surface area contributed by atoms with E-state index in [-0.39, 0.29) is 16.6 Å². The zero-order valence-electron chi connectivity index (χ0n) is 52.0. The van der Waals surface area contributed by atoms with E-state index in [0.29, 0.717) is 23.7 Å². The highest BCUT2D eigenvalue weighted by atomic mass is 32.1. The van der Waals surface area contributed by atoms with E-state index in [1.807, 2.05) is 45.3 Å². The third-order valence-corrected chi connectivity index (χ3v) is 24.5. The smallest absolute Gasteiger partial charge is 0.140 e. The van der Waals surface area contributed by atoms with Crippen LogP contribution in [0.25, 0.3) is 51.4 Å². The SMILES string of the molecule is CCC(C)(CC)c1cc2c(s1)-c1sc(-c3ccc(-c4cc5c(s4)-c4sccc4OC5(CCC(C)CCCC(C)C)CCC(C)CCCC(C)C)c4nsnc34)cc1C(CCC(C)CCCC(C)C)(CCC(C)CCCC(C)C)O2. The van der Waals surface area contributed by atoms with Crippen LogP contribution >= 0.6 is 57.1 Å². The number of fused-ring (bicyclic) bond motifs is 7. The molecule has 0 saturated carbocycles. The van der Waals surface area contributed by atoms with Gasteiger partial charge in [0.1, 0.15) is 33.7 Å². The van der Waals surface area contributed by atoms with Crippen molar-refractivity contribution in [2.45, 2.75) is 262 Å². The van der Waals surface area contributed by atoms with Crippen LogP contribution in [0.5, 0.6) is 11.5 Å². The lowest BCUT2D eigenvalue weighted by molar-refractivity contribution is 0.0321. The zero-order chi connectivity index (χ0) is 56.6. The maximum Gasteiger partial charge on any atom is 0.140 e. The average Bonchev–Trinajstić information content (AvgIpc) is 4.25. The van der Waals surface area contributed by atoms with E-state index in [0.717, 1.165) is 84.7 Å².